The number of piperazine rings is 1. The van der Waals surface area contributed by atoms with Crippen LogP contribution in [0.3, 0.4) is 0 Å². The Bertz CT molecular complexity index is 909. The minimum Gasteiger partial charge on any atom is -0.368 e. The van der Waals surface area contributed by atoms with Gasteiger partial charge in [-0.3, -0.25) is 0 Å². The van der Waals surface area contributed by atoms with E-state index in [2.05, 4.69) is 50.2 Å². The van der Waals surface area contributed by atoms with Gasteiger partial charge in [0.05, 0.1) is 5.69 Å². The highest BCUT2D eigenvalue weighted by molar-refractivity contribution is 5.58. The van der Waals surface area contributed by atoms with E-state index >= 15 is 0 Å². The Morgan fingerprint density at radius 3 is 2.44 bits per heavy atom. The number of aromatic nitrogens is 4. The van der Waals surface area contributed by atoms with E-state index in [4.69, 9.17) is 4.98 Å². The van der Waals surface area contributed by atoms with Crippen molar-refractivity contribution in [3.05, 3.63) is 47.4 Å². The van der Waals surface area contributed by atoms with Crippen LogP contribution in [0.1, 0.15) is 23.5 Å². The maximum absolute atomic E-state index is 4.75. The van der Waals surface area contributed by atoms with E-state index in [9.17, 15) is 0 Å². The van der Waals surface area contributed by atoms with Crippen molar-refractivity contribution in [2.45, 2.75) is 26.2 Å². The first-order valence-electron chi connectivity index (χ1n) is 9.10. The zero-order valence-corrected chi connectivity index (χ0v) is 14.5. The standard InChI is InChI=1S/C19H22N6/c1-14-20-19-21-17-9-5-8-16(17)18(25(19)22-14)24-12-10-23(11-13-24)15-6-3-2-4-7-15/h2-4,6-7H,5,8-13H2,1H3. The lowest BCUT2D eigenvalue weighted by Gasteiger charge is -2.37. The van der Waals surface area contributed by atoms with Gasteiger partial charge in [-0.2, -0.15) is 9.50 Å². The van der Waals surface area contributed by atoms with Crippen molar-refractivity contribution in [3.8, 4) is 0 Å². The van der Waals surface area contributed by atoms with Crippen molar-refractivity contribution in [2.75, 3.05) is 36.0 Å². The van der Waals surface area contributed by atoms with Gasteiger partial charge in [-0.15, -0.1) is 5.10 Å². The maximum Gasteiger partial charge on any atom is 0.254 e. The molecule has 0 spiro atoms. The van der Waals surface area contributed by atoms with Crippen LogP contribution >= 0.6 is 0 Å². The molecule has 6 heteroatoms. The molecular formula is C19H22N6. The summed E-state index contributed by atoms with van der Waals surface area (Å²) in [6.45, 7) is 5.99. The Morgan fingerprint density at radius 2 is 1.64 bits per heavy atom. The summed E-state index contributed by atoms with van der Waals surface area (Å²) in [7, 11) is 0. The fourth-order valence-corrected chi connectivity index (χ4v) is 4.10. The summed E-state index contributed by atoms with van der Waals surface area (Å²) in [6, 6.07) is 10.7. The lowest BCUT2D eigenvalue weighted by atomic mass is 10.2. The van der Waals surface area contributed by atoms with Crippen LogP contribution < -0.4 is 9.80 Å². The number of para-hydroxylation sites is 1. The number of anilines is 2. The molecule has 25 heavy (non-hydrogen) atoms. The molecule has 2 aromatic heterocycles. The van der Waals surface area contributed by atoms with Gasteiger partial charge < -0.3 is 9.80 Å². The number of nitrogens with zero attached hydrogens (tertiary/aromatic N) is 6. The molecule has 6 nitrogen and oxygen atoms in total. The van der Waals surface area contributed by atoms with Crippen molar-refractivity contribution in [3.63, 3.8) is 0 Å². The molecule has 1 aliphatic carbocycles. The first kappa shape index (κ1) is 14.7. The topological polar surface area (TPSA) is 49.6 Å². The second kappa shape index (κ2) is 5.72. The highest BCUT2D eigenvalue weighted by Gasteiger charge is 2.27. The van der Waals surface area contributed by atoms with E-state index in [0.717, 1.165) is 50.6 Å². The van der Waals surface area contributed by atoms with Gasteiger partial charge in [0.1, 0.15) is 11.6 Å². The quantitative estimate of drug-likeness (QED) is 0.719. The summed E-state index contributed by atoms with van der Waals surface area (Å²) >= 11 is 0. The lowest BCUT2D eigenvalue weighted by molar-refractivity contribution is 0.635. The van der Waals surface area contributed by atoms with E-state index in [0.29, 0.717) is 0 Å². The molecule has 1 fully saturated rings. The summed E-state index contributed by atoms with van der Waals surface area (Å²) in [5, 5.41) is 4.63. The third kappa shape index (κ3) is 2.44. The summed E-state index contributed by atoms with van der Waals surface area (Å²) in [4.78, 5) is 14.2. The highest BCUT2D eigenvalue weighted by Crippen LogP contribution is 2.31. The minimum atomic E-state index is 0.749. The summed E-state index contributed by atoms with van der Waals surface area (Å²) in [6.07, 6.45) is 3.35. The molecule has 1 aromatic carbocycles. The van der Waals surface area contributed by atoms with E-state index in [1.165, 1.54) is 29.2 Å². The average molecular weight is 334 g/mol. The van der Waals surface area contributed by atoms with Gasteiger partial charge in [0.2, 0.25) is 0 Å². The predicted molar refractivity (Wildman–Crippen MR) is 98.4 cm³/mol. The van der Waals surface area contributed by atoms with Crippen LogP contribution in [0.4, 0.5) is 11.5 Å². The Morgan fingerprint density at radius 1 is 0.880 bits per heavy atom. The molecule has 128 valence electrons. The predicted octanol–water partition coefficient (Wildman–Crippen LogP) is 2.25. The smallest absolute Gasteiger partial charge is 0.254 e. The molecule has 2 aliphatic rings. The van der Waals surface area contributed by atoms with Gasteiger partial charge in [0.15, 0.2) is 0 Å². The second-order valence-electron chi connectivity index (χ2n) is 6.89. The van der Waals surface area contributed by atoms with Gasteiger partial charge in [0, 0.05) is 37.4 Å². The Balaban J connectivity index is 1.48. The molecule has 0 unspecified atom stereocenters. The van der Waals surface area contributed by atoms with Crippen molar-refractivity contribution in [1.29, 1.82) is 0 Å². The number of hydrogen-bond acceptors (Lipinski definition) is 5. The fourth-order valence-electron chi connectivity index (χ4n) is 4.10. The van der Waals surface area contributed by atoms with Crippen LogP contribution in [0, 0.1) is 6.92 Å². The highest BCUT2D eigenvalue weighted by atomic mass is 15.4. The van der Waals surface area contributed by atoms with Crippen LogP contribution in [0.25, 0.3) is 5.78 Å². The van der Waals surface area contributed by atoms with E-state index in [-0.39, 0.29) is 0 Å². The first-order chi connectivity index (χ1) is 12.3. The third-order valence-electron chi connectivity index (χ3n) is 5.29. The van der Waals surface area contributed by atoms with Crippen molar-refractivity contribution in [1.82, 2.24) is 19.6 Å². The maximum atomic E-state index is 4.75. The molecule has 5 rings (SSSR count). The SMILES string of the molecule is Cc1nc2nc3c(c(N4CCN(c5ccccc5)CC4)n2n1)CCC3. The van der Waals surface area contributed by atoms with E-state index < -0.39 is 0 Å². The average Bonchev–Trinajstić information content (AvgIpc) is 3.25. The Labute approximate surface area is 147 Å². The molecule has 0 amide bonds. The van der Waals surface area contributed by atoms with E-state index in [1.54, 1.807) is 0 Å². The number of aryl methyl sites for hydroxylation is 2. The molecular weight excluding hydrogens is 312 g/mol. The van der Waals surface area contributed by atoms with Gasteiger partial charge in [0.25, 0.3) is 5.78 Å². The zero-order valence-electron chi connectivity index (χ0n) is 14.5. The normalized spacial score (nSPS) is 17.3. The fraction of sp³-hybridized carbons (Fsp3) is 0.421. The van der Waals surface area contributed by atoms with Gasteiger partial charge in [-0.25, -0.2) is 4.98 Å². The second-order valence-corrected chi connectivity index (χ2v) is 6.89. The number of benzene rings is 1. The van der Waals surface area contributed by atoms with Gasteiger partial charge in [-0.05, 0) is 38.3 Å². The molecule has 0 N–H and O–H groups in total. The van der Waals surface area contributed by atoms with Gasteiger partial charge >= 0.3 is 0 Å². The zero-order chi connectivity index (χ0) is 16.8. The largest absolute Gasteiger partial charge is 0.368 e. The van der Waals surface area contributed by atoms with Crippen LogP contribution in [0.15, 0.2) is 30.3 Å². The Kier molecular flexibility index (Phi) is 3.36. The lowest BCUT2D eigenvalue weighted by Crippen LogP contribution is -2.47. The summed E-state index contributed by atoms with van der Waals surface area (Å²) in [5.41, 5.74) is 3.91. The molecule has 3 aromatic rings. The van der Waals surface area contributed by atoms with Crippen molar-refractivity contribution < 1.29 is 0 Å². The Hall–Kier alpha value is -2.63. The monoisotopic (exact) mass is 334 g/mol. The minimum absolute atomic E-state index is 0.749. The molecule has 1 saturated heterocycles. The number of fused-ring (bicyclic) bond motifs is 2. The summed E-state index contributed by atoms with van der Waals surface area (Å²) < 4.78 is 1.97. The van der Waals surface area contributed by atoms with E-state index in [1.807, 2.05) is 11.4 Å². The van der Waals surface area contributed by atoms with Crippen LogP contribution in [0.5, 0.6) is 0 Å². The van der Waals surface area contributed by atoms with Crippen molar-refractivity contribution >= 4 is 17.3 Å². The molecule has 3 heterocycles. The first-order valence-corrected chi connectivity index (χ1v) is 9.10. The molecule has 1 aliphatic heterocycles. The van der Waals surface area contributed by atoms with Crippen LogP contribution in [-0.2, 0) is 12.8 Å². The van der Waals surface area contributed by atoms with Crippen molar-refractivity contribution in [2.24, 2.45) is 0 Å². The molecule has 0 atom stereocenters. The molecule has 0 saturated carbocycles. The van der Waals surface area contributed by atoms with Crippen LogP contribution in [0.2, 0.25) is 0 Å². The van der Waals surface area contributed by atoms with Crippen LogP contribution in [-0.4, -0.2) is 45.8 Å². The number of rotatable bonds is 2. The molecule has 0 radical (unpaired) electrons. The summed E-state index contributed by atoms with van der Waals surface area (Å²) in [5.74, 6) is 2.77. The number of hydrogen-bond donors (Lipinski definition) is 0. The molecule has 0 bridgehead atoms. The third-order valence-corrected chi connectivity index (χ3v) is 5.29. The van der Waals surface area contributed by atoms with Gasteiger partial charge in [-0.1, -0.05) is 18.2 Å².